The maximum absolute atomic E-state index is 13.6. The van der Waals surface area contributed by atoms with E-state index in [-0.39, 0.29) is 12.0 Å². The molecule has 1 aromatic carbocycles. The molecule has 4 aromatic rings. The Morgan fingerprint density at radius 1 is 1.05 bits per heavy atom. The molecule has 4 heterocycles. The Balaban J connectivity index is 1.20. The number of aromatic nitrogens is 4. The highest BCUT2D eigenvalue weighted by Gasteiger charge is 2.19. The molecule has 9 nitrogen and oxygen atoms in total. The first kappa shape index (κ1) is 29.6. The average Bonchev–Trinajstić information content (AvgIpc) is 3.47. The van der Waals surface area contributed by atoms with Crippen LogP contribution >= 0.6 is 11.3 Å². The van der Waals surface area contributed by atoms with Crippen LogP contribution in [0.3, 0.4) is 0 Å². The van der Waals surface area contributed by atoms with Crippen molar-refractivity contribution in [3.8, 4) is 10.6 Å². The number of rotatable bonds is 11. The number of anilines is 2. The highest BCUT2D eigenvalue weighted by atomic mass is 32.1. The van der Waals surface area contributed by atoms with Gasteiger partial charge in [0.25, 0.3) is 5.91 Å². The van der Waals surface area contributed by atoms with Crippen LogP contribution in [-0.4, -0.2) is 51.1 Å². The molecule has 2 fully saturated rings. The predicted octanol–water partition coefficient (Wildman–Crippen LogP) is 6.76. The third kappa shape index (κ3) is 7.74. The zero-order valence-electron chi connectivity index (χ0n) is 24.9. The van der Waals surface area contributed by atoms with Crippen molar-refractivity contribution < 1.29 is 9.53 Å². The maximum Gasteiger partial charge on any atom is 0.274 e. The second-order valence-electron chi connectivity index (χ2n) is 11.6. The summed E-state index contributed by atoms with van der Waals surface area (Å²) < 4.78 is 6.13. The molecule has 0 spiro atoms. The molecule has 3 N–H and O–H groups in total. The van der Waals surface area contributed by atoms with Gasteiger partial charge in [0.05, 0.1) is 18.4 Å². The van der Waals surface area contributed by atoms with Gasteiger partial charge < -0.3 is 20.7 Å². The van der Waals surface area contributed by atoms with E-state index in [1.165, 1.54) is 30.6 Å². The summed E-state index contributed by atoms with van der Waals surface area (Å²) >= 11 is 1.52. The van der Waals surface area contributed by atoms with Gasteiger partial charge in [0.2, 0.25) is 0 Å². The predicted molar refractivity (Wildman–Crippen MR) is 173 cm³/mol. The smallest absolute Gasteiger partial charge is 0.274 e. The summed E-state index contributed by atoms with van der Waals surface area (Å²) in [4.78, 5) is 33.5. The highest BCUT2D eigenvalue weighted by molar-refractivity contribution is 7.21. The van der Waals surface area contributed by atoms with E-state index in [1.807, 2.05) is 30.5 Å². The van der Waals surface area contributed by atoms with E-state index in [9.17, 15) is 4.79 Å². The molecule has 226 valence electrons. The molecule has 1 aliphatic carbocycles. The van der Waals surface area contributed by atoms with Gasteiger partial charge in [-0.25, -0.2) is 19.9 Å². The van der Waals surface area contributed by atoms with Gasteiger partial charge in [-0.2, -0.15) is 0 Å². The maximum atomic E-state index is 13.6. The number of benzene rings is 1. The molecule has 1 amide bonds. The topological polar surface area (TPSA) is 114 Å². The van der Waals surface area contributed by atoms with Crippen LogP contribution in [0.15, 0.2) is 42.6 Å². The number of hydrogen-bond acceptors (Lipinski definition) is 9. The van der Waals surface area contributed by atoms with Crippen LogP contribution in [0.4, 0.5) is 11.5 Å². The van der Waals surface area contributed by atoms with E-state index >= 15 is 0 Å². The molecular formula is C33H41N7O2S. The molecule has 2 aliphatic rings. The van der Waals surface area contributed by atoms with Crippen molar-refractivity contribution in [3.63, 3.8) is 0 Å². The average molecular weight is 600 g/mol. The summed E-state index contributed by atoms with van der Waals surface area (Å²) in [6.45, 7) is 4.69. The van der Waals surface area contributed by atoms with E-state index < -0.39 is 0 Å². The number of fused-ring (bicyclic) bond motifs is 1. The van der Waals surface area contributed by atoms with Crippen LogP contribution in [0.1, 0.15) is 86.6 Å². The lowest BCUT2D eigenvalue weighted by Crippen LogP contribution is -2.32. The fourth-order valence-electron chi connectivity index (χ4n) is 5.79. The number of carbonyl (C=O) groups is 1. The zero-order valence-corrected chi connectivity index (χ0v) is 25.7. The standard InChI is InChI=1S/C33H41N7O2S/c1-2-3-13-29-37-27(19-30(40-29)36-23-9-5-4-6-10-23)31(41)38-26-12-8-7-11-25(26)32-39-28-18-22(20-35-33(28)43-32)21-42-24-14-16-34-17-15-24/h7-8,11-12,18-20,23-24,34H,2-6,9-10,13-17,21H2,1H3,(H,38,41)(H,36,37,40). The Bertz CT molecular complexity index is 1530. The largest absolute Gasteiger partial charge is 0.373 e. The number of para-hydroxylation sites is 1. The monoisotopic (exact) mass is 599 g/mol. The Morgan fingerprint density at radius 3 is 2.72 bits per heavy atom. The minimum Gasteiger partial charge on any atom is -0.373 e. The molecular weight excluding hydrogens is 558 g/mol. The van der Waals surface area contributed by atoms with Gasteiger partial charge >= 0.3 is 0 Å². The van der Waals surface area contributed by atoms with Gasteiger partial charge in [-0.15, -0.1) is 0 Å². The molecule has 0 radical (unpaired) electrons. The molecule has 0 bridgehead atoms. The Labute approximate surface area is 257 Å². The number of amides is 1. The van der Waals surface area contributed by atoms with Gasteiger partial charge in [-0.05, 0) is 69.0 Å². The fraction of sp³-hybridized carbons (Fsp3) is 0.485. The lowest BCUT2D eigenvalue weighted by Gasteiger charge is -2.23. The second-order valence-corrected chi connectivity index (χ2v) is 12.6. The summed E-state index contributed by atoms with van der Waals surface area (Å²) in [6.07, 6.45) is 13.0. The van der Waals surface area contributed by atoms with Crippen molar-refractivity contribution >= 4 is 39.1 Å². The highest BCUT2D eigenvalue weighted by Crippen LogP contribution is 2.34. The van der Waals surface area contributed by atoms with Crippen LogP contribution in [0.5, 0.6) is 0 Å². The molecule has 1 saturated carbocycles. The van der Waals surface area contributed by atoms with Gasteiger partial charge in [0, 0.05) is 30.3 Å². The van der Waals surface area contributed by atoms with Crippen molar-refractivity contribution in [2.75, 3.05) is 23.7 Å². The third-order valence-corrected chi connectivity index (χ3v) is 9.21. The van der Waals surface area contributed by atoms with E-state index in [0.29, 0.717) is 29.9 Å². The third-order valence-electron chi connectivity index (χ3n) is 8.20. The lowest BCUT2D eigenvalue weighted by atomic mass is 9.95. The number of piperidine rings is 1. The van der Waals surface area contributed by atoms with E-state index in [1.54, 1.807) is 6.07 Å². The van der Waals surface area contributed by atoms with Crippen molar-refractivity contribution in [2.45, 2.75) is 89.9 Å². The fourth-order valence-corrected chi connectivity index (χ4v) is 6.72. The number of carbonyl (C=O) groups excluding carboxylic acids is 1. The van der Waals surface area contributed by atoms with Crippen LogP contribution < -0.4 is 16.0 Å². The summed E-state index contributed by atoms with van der Waals surface area (Å²) in [5.41, 5.74) is 3.77. The second kappa shape index (κ2) is 14.3. The minimum absolute atomic E-state index is 0.254. The minimum atomic E-state index is -0.254. The van der Waals surface area contributed by atoms with Crippen LogP contribution in [0.25, 0.3) is 20.9 Å². The number of pyridine rings is 1. The van der Waals surface area contributed by atoms with E-state index in [0.717, 1.165) is 90.3 Å². The van der Waals surface area contributed by atoms with Crippen LogP contribution in [-0.2, 0) is 17.8 Å². The molecule has 10 heteroatoms. The number of thiazole rings is 1. The first-order chi connectivity index (χ1) is 21.1. The van der Waals surface area contributed by atoms with Gasteiger partial charge in [-0.3, -0.25) is 4.79 Å². The van der Waals surface area contributed by atoms with E-state index in [2.05, 4.69) is 38.9 Å². The number of nitrogens with one attached hydrogen (secondary N) is 3. The number of aryl methyl sites for hydroxylation is 1. The molecule has 0 unspecified atom stereocenters. The van der Waals surface area contributed by atoms with Gasteiger partial charge in [0.1, 0.15) is 32.7 Å². The Hall–Kier alpha value is -3.47. The quantitative estimate of drug-likeness (QED) is 0.173. The summed E-state index contributed by atoms with van der Waals surface area (Å²) in [5, 5.41) is 10.9. The van der Waals surface area contributed by atoms with Crippen molar-refractivity contribution in [1.29, 1.82) is 0 Å². The number of nitrogens with zero attached hydrogens (tertiary/aromatic N) is 4. The number of ether oxygens (including phenoxy) is 1. The normalized spacial score (nSPS) is 16.4. The molecule has 6 rings (SSSR count). The summed E-state index contributed by atoms with van der Waals surface area (Å²) in [7, 11) is 0. The zero-order chi connectivity index (χ0) is 29.4. The van der Waals surface area contributed by atoms with E-state index in [4.69, 9.17) is 14.7 Å². The molecule has 43 heavy (non-hydrogen) atoms. The molecule has 1 saturated heterocycles. The summed E-state index contributed by atoms with van der Waals surface area (Å²) in [6, 6.07) is 12.0. The van der Waals surface area contributed by atoms with Crippen molar-refractivity contribution in [3.05, 3.63) is 59.7 Å². The van der Waals surface area contributed by atoms with Crippen LogP contribution in [0, 0.1) is 0 Å². The molecule has 1 aliphatic heterocycles. The first-order valence-electron chi connectivity index (χ1n) is 15.8. The van der Waals surface area contributed by atoms with Gasteiger partial charge in [0.15, 0.2) is 0 Å². The SMILES string of the molecule is CCCCc1nc(NC2CCCCC2)cc(C(=O)Nc2ccccc2-c2nc3cc(COC4CCNCC4)cnc3s2)n1. The van der Waals surface area contributed by atoms with Crippen molar-refractivity contribution in [1.82, 2.24) is 25.3 Å². The van der Waals surface area contributed by atoms with Crippen molar-refractivity contribution in [2.24, 2.45) is 0 Å². The number of unbranched alkanes of at least 4 members (excludes halogenated alkanes) is 1. The van der Waals surface area contributed by atoms with Crippen LogP contribution in [0.2, 0.25) is 0 Å². The Morgan fingerprint density at radius 2 is 1.88 bits per heavy atom. The number of hydrogen-bond donors (Lipinski definition) is 3. The molecule has 0 atom stereocenters. The molecule has 3 aromatic heterocycles. The summed E-state index contributed by atoms with van der Waals surface area (Å²) in [5.74, 6) is 1.19. The van der Waals surface area contributed by atoms with Gasteiger partial charge in [-0.1, -0.05) is 56.1 Å². The Kier molecular flexibility index (Phi) is 9.87. The lowest BCUT2D eigenvalue weighted by molar-refractivity contribution is 0.0211. The first-order valence-corrected chi connectivity index (χ1v) is 16.6.